The van der Waals surface area contributed by atoms with Crippen LogP contribution in [0.5, 0.6) is 5.88 Å². The molecule has 146 valence electrons. The third-order valence-electron chi connectivity index (χ3n) is 4.46. The van der Waals surface area contributed by atoms with Crippen molar-refractivity contribution in [1.29, 1.82) is 0 Å². The van der Waals surface area contributed by atoms with Crippen molar-refractivity contribution >= 4 is 17.7 Å². The monoisotopic (exact) mass is 391 g/mol. The minimum Gasteiger partial charge on any atom is -0.493 e. The molecular weight excluding hydrogens is 374 g/mol. The number of H-pyrrole nitrogens is 2. The van der Waals surface area contributed by atoms with Crippen molar-refractivity contribution < 1.29 is 5.11 Å². The number of rotatable bonds is 5. The molecule has 11 nitrogen and oxygen atoms in total. The highest BCUT2D eigenvalue weighted by Gasteiger charge is 2.21. The number of aromatic amines is 2. The highest BCUT2D eigenvalue weighted by molar-refractivity contribution is 5.57. The van der Waals surface area contributed by atoms with Gasteiger partial charge in [0.2, 0.25) is 11.8 Å². The second-order valence-corrected chi connectivity index (χ2v) is 6.74. The fraction of sp³-hybridized carbons (Fsp3) is 0.222. The minimum absolute atomic E-state index is 0.246. The number of aromatic hydroxyl groups is 1. The number of fused-ring (bicyclic) bond motifs is 1. The van der Waals surface area contributed by atoms with Gasteiger partial charge in [-0.15, -0.1) is 0 Å². The average Bonchev–Trinajstić information content (AvgIpc) is 3.36. The van der Waals surface area contributed by atoms with Crippen LogP contribution < -0.4 is 21.8 Å². The Morgan fingerprint density at radius 3 is 2.83 bits per heavy atom. The lowest BCUT2D eigenvalue weighted by Crippen LogP contribution is -2.24. The van der Waals surface area contributed by atoms with Crippen molar-refractivity contribution in [3.8, 4) is 5.88 Å². The molecule has 1 fully saturated rings. The van der Waals surface area contributed by atoms with E-state index in [1.165, 1.54) is 0 Å². The molecule has 1 aliphatic carbocycles. The lowest BCUT2D eigenvalue weighted by Gasteiger charge is -2.05. The maximum absolute atomic E-state index is 11.4. The number of aromatic nitrogens is 7. The first-order valence-corrected chi connectivity index (χ1v) is 9.11. The van der Waals surface area contributed by atoms with E-state index in [2.05, 4.69) is 40.3 Å². The van der Waals surface area contributed by atoms with Gasteiger partial charge in [0.1, 0.15) is 5.69 Å². The molecule has 11 heteroatoms. The van der Waals surface area contributed by atoms with Crippen molar-refractivity contribution in [2.24, 2.45) is 4.99 Å². The summed E-state index contributed by atoms with van der Waals surface area (Å²) in [4.78, 5) is 33.9. The minimum atomic E-state index is -0.496. The van der Waals surface area contributed by atoms with Crippen molar-refractivity contribution in [2.45, 2.75) is 25.4 Å². The Bertz CT molecular complexity index is 1350. The normalized spacial score (nSPS) is 15.3. The fourth-order valence-corrected chi connectivity index (χ4v) is 2.84. The van der Waals surface area contributed by atoms with Crippen LogP contribution in [0.15, 0.2) is 40.5 Å². The van der Waals surface area contributed by atoms with Crippen LogP contribution in [0.25, 0.3) is 11.7 Å². The van der Waals surface area contributed by atoms with Gasteiger partial charge in [-0.2, -0.15) is 19.6 Å². The Morgan fingerprint density at radius 2 is 2.10 bits per heavy atom. The summed E-state index contributed by atoms with van der Waals surface area (Å²) in [5.74, 6) is 0.165. The molecule has 1 aliphatic rings. The van der Waals surface area contributed by atoms with Crippen LogP contribution in [-0.2, 0) is 6.54 Å². The van der Waals surface area contributed by atoms with Crippen LogP contribution in [0.3, 0.4) is 0 Å². The van der Waals surface area contributed by atoms with Crippen molar-refractivity contribution in [2.75, 3.05) is 5.32 Å². The maximum atomic E-state index is 11.4. The molecule has 0 bridgehead atoms. The summed E-state index contributed by atoms with van der Waals surface area (Å²) in [7, 11) is 0. The molecule has 5 rings (SSSR count). The smallest absolute Gasteiger partial charge is 0.326 e. The molecule has 4 aromatic rings. The molecule has 29 heavy (non-hydrogen) atoms. The molecule has 0 amide bonds. The highest BCUT2D eigenvalue weighted by Crippen LogP contribution is 2.22. The van der Waals surface area contributed by atoms with Gasteiger partial charge in [-0.05, 0) is 36.6 Å². The van der Waals surface area contributed by atoms with E-state index in [1.807, 2.05) is 12.1 Å². The maximum Gasteiger partial charge on any atom is 0.326 e. The number of pyridine rings is 1. The van der Waals surface area contributed by atoms with Crippen LogP contribution in [0.4, 0.5) is 5.95 Å². The Morgan fingerprint density at radius 1 is 1.28 bits per heavy atom. The fourth-order valence-electron chi connectivity index (χ4n) is 2.84. The Labute approximate surface area is 162 Å². The molecule has 0 spiro atoms. The number of hydrogen-bond acceptors (Lipinski definition) is 8. The van der Waals surface area contributed by atoms with Crippen LogP contribution >= 0.6 is 0 Å². The van der Waals surface area contributed by atoms with Gasteiger partial charge in [-0.1, -0.05) is 0 Å². The van der Waals surface area contributed by atoms with E-state index in [9.17, 15) is 9.90 Å². The Kier molecular flexibility index (Phi) is 4.04. The highest BCUT2D eigenvalue weighted by atomic mass is 16.3. The molecular formula is C18H17N9O2. The standard InChI is InChI=1S/C18H17N9O2/c28-15-13(23-18(29)25-15)7-11-9-21-27-14(11)24-16(26-17(27)22-12-1-2-12)20-8-10-3-5-19-6-4-10/h3-7,9,12,28H,1-2,8H2,(H,20,22,26)(H2,23,25,29). The number of anilines is 1. The second kappa shape index (κ2) is 6.86. The number of hydrogen-bond donors (Lipinski definition) is 4. The quantitative estimate of drug-likeness (QED) is 0.357. The first-order chi connectivity index (χ1) is 14.2. The predicted octanol–water partition coefficient (Wildman–Crippen LogP) is -0.536. The van der Waals surface area contributed by atoms with Crippen molar-refractivity contribution in [1.82, 2.24) is 34.5 Å². The molecule has 0 aromatic carbocycles. The van der Waals surface area contributed by atoms with Gasteiger partial charge in [-0.25, -0.2) is 9.79 Å². The topological polar surface area (TPSA) is 149 Å². The Balaban J connectivity index is 1.61. The summed E-state index contributed by atoms with van der Waals surface area (Å²) < 4.78 is 1.56. The Hall–Kier alpha value is -4.02. The molecule has 1 saturated carbocycles. The van der Waals surface area contributed by atoms with E-state index >= 15 is 0 Å². The predicted molar refractivity (Wildman–Crippen MR) is 103 cm³/mol. The van der Waals surface area contributed by atoms with E-state index in [0.29, 0.717) is 29.0 Å². The summed E-state index contributed by atoms with van der Waals surface area (Å²) in [5, 5.41) is 18.0. The van der Waals surface area contributed by atoms with E-state index in [-0.39, 0.29) is 17.6 Å². The zero-order valence-corrected chi connectivity index (χ0v) is 15.2. The number of imidazole rings is 1. The molecule has 4 aromatic heterocycles. The largest absolute Gasteiger partial charge is 0.493 e. The van der Waals surface area contributed by atoms with Crippen molar-refractivity contribution in [3.05, 3.63) is 63.3 Å². The summed E-state index contributed by atoms with van der Waals surface area (Å²) >= 11 is 0. The third-order valence-corrected chi connectivity index (χ3v) is 4.46. The molecule has 4 N–H and O–H groups in total. The second-order valence-electron chi connectivity index (χ2n) is 6.74. The summed E-state index contributed by atoms with van der Waals surface area (Å²) in [5.41, 5.74) is 1.76. The van der Waals surface area contributed by atoms with Crippen LogP contribution in [0.2, 0.25) is 0 Å². The van der Waals surface area contributed by atoms with Gasteiger partial charge in [-0.3, -0.25) is 9.97 Å². The molecule has 0 atom stereocenters. The van der Waals surface area contributed by atoms with Gasteiger partial charge >= 0.3 is 5.69 Å². The summed E-state index contributed by atoms with van der Waals surface area (Å²) in [6, 6.07) is 4.07. The van der Waals surface area contributed by atoms with E-state index in [4.69, 9.17) is 0 Å². The van der Waals surface area contributed by atoms with Crippen molar-refractivity contribution in [3.63, 3.8) is 0 Å². The van der Waals surface area contributed by atoms with Crippen LogP contribution in [0.1, 0.15) is 24.1 Å². The van der Waals surface area contributed by atoms with Gasteiger partial charge < -0.3 is 15.4 Å². The zero-order valence-electron chi connectivity index (χ0n) is 15.2. The van der Waals surface area contributed by atoms with Crippen LogP contribution in [0, 0.1) is 0 Å². The molecule has 0 radical (unpaired) electrons. The van der Waals surface area contributed by atoms with E-state index in [1.54, 1.807) is 29.2 Å². The van der Waals surface area contributed by atoms with Crippen LogP contribution in [-0.4, -0.2) is 45.7 Å². The molecule has 0 saturated heterocycles. The van der Waals surface area contributed by atoms with Gasteiger partial charge in [0.15, 0.2) is 5.65 Å². The number of nitrogens with one attached hydrogen (secondary N) is 3. The lowest BCUT2D eigenvalue weighted by atomic mass is 10.3. The van der Waals surface area contributed by atoms with Gasteiger partial charge in [0, 0.05) is 24.2 Å². The molecule has 4 heterocycles. The summed E-state index contributed by atoms with van der Waals surface area (Å²) in [6.45, 7) is 0.528. The van der Waals surface area contributed by atoms with E-state index in [0.717, 1.165) is 18.4 Å². The van der Waals surface area contributed by atoms with Gasteiger partial charge in [0.25, 0.3) is 5.62 Å². The van der Waals surface area contributed by atoms with Gasteiger partial charge in [0.05, 0.1) is 12.2 Å². The SMILES string of the molecule is O=c1[nH]c(O)c(C=c2cnn3c(=NC4CC4)nc(NCc4ccncc4)nc23)[nH]1. The lowest BCUT2D eigenvalue weighted by molar-refractivity contribution is 0.454. The first-order valence-electron chi connectivity index (χ1n) is 9.11. The summed E-state index contributed by atoms with van der Waals surface area (Å²) in [6.07, 6.45) is 8.70. The number of nitrogens with zero attached hydrogens (tertiary/aromatic N) is 6. The first kappa shape index (κ1) is 17.1. The zero-order chi connectivity index (χ0) is 19.8. The molecule has 0 unspecified atom stereocenters. The van der Waals surface area contributed by atoms with E-state index < -0.39 is 5.69 Å². The third kappa shape index (κ3) is 3.57. The average molecular weight is 391 g/mol. The molecule has 0 aliphatic heterocycles.